The molecule has 0 spiro atoms. The standard InChI is InChI=1S/C17H17Cl2NO3/c18-10-17(22)20(14-8-6-13(19)7-9-14)11-15(21)12-23-16-4-2-1-3-5-16/h1-9,15,21H,10-12H2. The minimum absolute atomic E-state index is 0.0731. The maximum atomic E-state index is 12.0. The highest BCUT2D eigenvalue weighted by molar-refractivity contribution is 6.31. The van der Waals surface area contributed by atoms with Crippen LogP contribution in [0.2, 0.25) is 5.02 Å². The summed E-state index contributed by atoms with van der Waals surface area (Å²) in [7, 11) is 0. The number of alkyl halides is 1. The lowest BCUT2D eigenvalue weighted by Crippen LogP contribution is -2.40. The van der Waals surface area contributed by atoms with Gasteiger partial charge in [0, 0.05) is 10.7 Å². The van der Waals surface area contributed by atoms with Crippen LogP contribution in [0.4, 0.5) is 5.69 Å². The lowest BCUT2D eigenvalue weighted by atomic mass is 10.2. The van der Waals surface area contributed by atoms with Gasteiger partial charge in [-0.25, -0.2) is 0 Å². The van der Waals surface area contributed by atoms with Crippen molar-refractivity contribution in [2.24, 2.45) is 0 Å². The number of nitrogens with zero attached hydrogens (tertiary/aromatic N) is 1. The maximum absolute atomic E-state index is 12.0. The Hall–Kier alpha value is -1.75. The number of anilines is 1. The van der Waals surface area contributed by atoms with Gasteiger partial charge in [-0.15, -0.1) is 11.6 Å². The van der Waals surface area contributed by atoms with E-state index in [1.54, 1.807) is 36.4 Å². The number of rotatable bonds is 7. The van der Waals surface area contributed by atoms with Gasteiger partial charge in [0.2, 0.25) is 5.91 Å². The van der Waals surface area contributed by atoms with Gasteiger partial charge in [0.15, 0.2) is 0 Å². The minimum Gasteiger partial charge on any atom is -0.491 e. The highest BCUT2D eigenvalue weighted by Crippen LogP contribution is 2.19. The van der Waals surface area contributed by atoms with E-state index in [-0.39, 0.29) is 24.9 Å². The molecule has 0 radical (unpaired) electrons. The number of amides is 1. The fraction of sp³-hybridized carbons (Fsp3) is 0.235. The van der Waals surface area contributed by atoms with Crippen LogP contribution in [0.25, 0.3) is 0 Å². The number of aliphatic hydroxyl groups excluding tert-OH is 1. The lowest BCUT2D eigenvalue weighted by Gasteiger charge is -2.25. The van der Waals surface area contributed by atoms with Gasteiger partial charge in [0.1, 0.15) is 24.3 Å². The van der Waals surface area contributed by atoms with Crippen LogP contribution in [-0.2, 0) is 4.79 Å². The highest BCUT2D eigenvalue weighted by Gasteiger charge is 2.19. The molecule has 0 saturated heterocycles. The highest BCUT2D eigenvalue weighted by atomic mass is 35.5. The first kappa shape index (κ1) is 17.6. The fourth-order valence-electron chi connectivity index (χ4n) is 2.02. The molecule has 2 rings (SSSR count). The molecule has 0 aliphatic rings. The first-order chi connectivity index (χ1) is 11.1. The number of para-hydroxylation sites is 1. The van der Waals surface area contributed by atoms with E-state index >= 15 is 0 Å². The molecule has 2 aromatic rings. The summed E-state index contributed by atoms with van der Waals surface area (Å²) in [5, 5.41) is 10.7. The molecule has 0 bridgehead atoms. The summed E-state index contributed by atoms with van der Waals surface area (Å²) in [5.41, 5.74) is 0.624. The molecule has 122 valence electrons. The van der Waals surface area contributed by atoms with E-state index in [1.807, 2.05) is 18.2 Å². The van der Waals surface area contributed by atoms with Gasteiger partial charge < -0.3 is 14.7 Å². The average Bonchev–Trinajstić information content (AvgIpc) is 2.59. The molecule has 0 heterocycles. The van der Waals surface area contributed by atoms with Crippen LogP contribution in [-0.4, -0.2) is 36.1 Å². The SMILES string of the molecule is O=C(CCl)N(CC(O)COc1ccccc1)c1ccc(Cl)cc1. The predicted molar refractivity (Wildman–Crippen MR) is 92.5 cm³/mol. The smallest absolute Gasteiger partial charge is 0.241 e. The number of halogens is 2. The summed E-state index contributed by atoms with van der Waals surface area (Å²) < 4.78 is 5.49. The molecule has 1 amide bonds. The van der Waals surface area contributed by atoms with E-state index in [9.17, 15) is 9.90 Å². The van der Waals surface area contributed by atoms with Crippen LogP contribution in [0.15, 0.2) is 54.6 Å². The summed E-state index contributed by atoms with van der Waals surface area (Å²) in [5.74, 6) is 0.190. The Morgan fingerprint density at radius 1 is 1.13 bits per heavy atom. The summed E-state index contributed by atoms with van der Waals surface area (Å²) in [6.07, 6.45) is -0.849. The van der Waals surface area contributed by atoms with Gasteiger partial charge in [0.05, 0.1) is 6.54 Å². The quantitative estimate of drug-likeness (QED) is 0.776. The lowest BCUT2D eigenvalue weighted by molar-refractivity contribution is -0.116. The van der Waals surface area contributed by atoms with Gasteiger partial charge >= 0.3 is 0 Å². The van der Waals surface area contributed by atoms with Crippen LogP contribution >= 0.6 is 23.2 Å². The third-order valence-corrected chi connectivity index (χ3v) is 3.61. The van der Waals surface area contributed by atoms with E-state index in [4.69, 9.17) is 27.9 Å². The van der Waals surface area contributed by atoms with Gasteiger partial charge in [-0.1, -0.05) is 29.8 Å². The molecule has 0 saturated carbocycles. The minimum atomic E-state index is -0.849. The Kier molecular flexibility index (Phi) is 6.71. The van der Waals surface area contributed by atoms with Crippen molar-refractivity contribution in [3.8, 4) is 5.75 Å². The summed E-state index contributed by atoms with van der Waals surface area (Å²) in [4.78, 5) is 13.4. The Bertz CT molecular complexity index is 619. The zero-order chi connectivity index (χ0) is 16.7. The van der Waals surface area contributed by atoms with E-state index in [2.05, 4.69) is 0 Å². The zero-order valence-electron chi connectivity index (χ0n) is 12.4. The molecule has 0 aromatic heterocycles. The molecule has 4 nitrogen and oxygen atoms in total. The van der Waals surface area contributed by atoms with Crippen LogP contribution in [0.5, 0.6) is 5.75 Å². The summed E-state index contributed by atoms with van der Waals surface area (Å²) in [6, 6.07) is 15.9. The Morgan fingerprint density at radius 3 is 2.39 bits per heavy atom. The molecule has 1 atom stereocenters. The maximum Gasteiger partial charge on any atom is 0.241 e. The Morgan fingerprint density at radius 2 is 1.78 bits per heavy atom. The number of hydrogen-bond donors (Lipinski definition) is 1. The first-order valence-electron chi connectivity index (χ1n) is 7.08. The van der Waals surface area contributed by atoms with Crippen molar-refractivity contribution < 1.29 is 14.6 Å². The van der Waals surface area contributed by atoms with Crippen molar-refractivity contribution in [1.82, 2.24) is 0 Å². The summed E-state index contributed by atoms with van der Waals surface area (Å²) in [6.45, 7) is 0.156. The van der Waals surface area contributed by atoms with Gasteiger partial charge in [-0.3, -0.25) is 4.79 Å². The van der Waals surface area contributed by atoms with Gasteiger partial charge in [0.25, 0.3) is 0 Å². The van der Waals surface area contributed by atoms with Gasteiger partial charge in [-0.05, 0) is 36.4 Å². The zero-order valence-corrected chi connectivity index (χ0v) is 13.9. The number of carbonyl (C=O) groups is 1. The molecule has 0 fully saturated rings. The normalized spacial score (nSPS) is 11.8. The molecular weight excluding hydrogens is 337 g/mol. The third kappa shape index (κ3) is 5.43. The molecular formula is C17H17Cl2NO3. The Labute approximate surface area is 145 Å². The van der Waals surface area contributed by atoms with Crippen LogP contribution < -0.4 is 9.64 Å². The van der Waals surface area contributed by atoms with Crippen molar-refractivity contribution in [2.45, 2.75) is 6.10 Å². The van der Waals surface area contributed by atoms with Gasteiger partial charge in [-0.2, -0.15) is 0 Å². The molecule has 1 unspecified atom stereocenters. The first-order valence-corrected chi connectivity index (χ1v) is 7.99. The summed E-state index contributed by atoms with van der Waals surface area (Å²) >= 11 is 11.5. The van der Waals surface area contributed by atoms with E-state index in [1.165, 1.54) is 4.90 Å². The number of hydrogen-bond acceptors (Lipinski definition) is 3. The molecule has 1 N–H and O–H groups in total. The second kappa shape index (κ2) is 8.77. The largest absolute Gasteiger partial charge is 0.491 e. The van der Waals surface area contributed by atoms with Crippen LogP contribution in [0.1, 0.15) is 0 Å². The molecule has 6 heteroatoms. The average molecular weight is 354 g/mol. The number of carbonyl (C=O) groups excluding carboxylic acids is 1. The fourth-order valence-corrected chi connectivity index (χ4v) is 2.29. The van der Waals surface area contributed by atoms with E-state index in [0.29, 0.717) is 16.5 Å². The molecule has 2 aromatic carbocycles. The number of benzene rings is 2. The van der Waals surface area contributed by atoms with E-state index < -0.39 is 6.10 Å². The monoisotopic (exact) mass is 353 g/mol. The molecule has 23 heavy (non-hydrogen) atoms. The van der Waals surface area contributed by atoms with Crippen molar-refractivity contribution in [3.05, 3.63) is 59.6 Å². The predicted octanol–water partition coefficient (Wildman–Crippen LogP) is 3.35. The molecule has 0 aliphatic heterocycles. The number of ether oxygens (including phenoxy) is 1. The molecule has 0 aliphatic carbocycles. The van der Waals surface area contributed by atoms with Crippen LogP contribution in [0.3, 0.4) is 0 Å². The van der Waals surface area contributed by atoms with Crippen molar-refractivity contribution in [1.29, 1.82) is 0 Å². The van der Waals surface area contributed by atoms with Crippen molar-refractivity contribution in [2.75, 3.05) is 23.9 Å². The third-order valence-electron chi connectivity index (χ3n) is 3.13. The number of aliphatic hydroxyl groups is 1. The second-order valence-electron chi connectivity index (χ2n) is 4.89. The van der Waals surface area contributed by atoms with Crippen molar-refractivity contribution >= 4 is 34.8 Å². The van der Waals surface area contributed by atoms with Crippen LogP contribution in [0, 0.1) is 0 Å². The van der Waals surface area contributed by atoms with E-state index in [0.717, 1.165) is 0 Å². The topological polar surface area (TPSA) is 49.8 Å². The van der Waals surface area contributed by atoms with Crippen molar-refractivity contribution in [3.63, 3.8) is 0 Å². The Balaban J connectivity index is 1.99. The second-order valence-corrected chi connectivity index (χ2v) is 5.60.